The van der Waals surface area contributed by atoms with Crippen LogP contribution in [0.2, 0.25) is 0 Å². The van der Waals surface area contributed by atoms with Crippen molar-refractivity contribution in [3.8, 4) is 0 Å². The van der Waals surface area contributed by atoms with Crippen molar-refractivity contribution in [1.29, 1.82) is 0 Å². The maximum Gasteiger partial charge on any atom is 0.377 e. The molecule has 1 aliphatic heterocycles. The number of hydrogen-bond acceptors (Lipinski definition) is 6. The maximum atomic E-state index is 13.2. The summed E-state index contributed by atoms with van der Waals surface area (Å²) >= 11 is 0. The summed E-state index contributed by atoms with van der Waals surface area (Å²) in [5, 5.41) is 0. The van der Waals surface area contributed by atoms with Gasteiger partial charge < -0.3 is 18.9 Å². The van der Waals surface area contributed by atoms with Crippen LogP contribution in [0, 0.1) is 11.8 Å². The number of fused-ring (bicyclic) bond motifs is 3. The summed E-state index contributed by atoms with van der Waals surface area (Å²) in [6.45, 7) is 2.00. The number of hydrogen-bond donors (Lipinski definition) is 0. The Balaban J connectivity index is 1.72. The molecule has 2 bridgehead atoms. The zero-order valence-corrected chi connectivity index (χ0v) is 13.1. The molecule has 0 N–H and O–H groups in total. The molecule has 23 heavy (non-hydrogen) atoms. The third-order valence-electron chi connectivity index (χ3n) is 4.78. The van der Waals surface area contributed by atoms with Gasteiger partial charge in [0.2, 0.25) is 5.79 Å². The minimum Gasteiger partial charge on any atom is -0.463 e. The Morgan fingerprint density at radius 2 is 2.09 bits per heavy atom. The molecule has 1 saturated heterocycles. The molecule has 2 saturated carbocycles. The lowest BCUT2D eigenvalue weighted by Crippen LogP contribution is -2.52. The molecule has 2 aliphatic carbocycles. The number of carbonyl (C=O) groups is 2. The molecule has 0 aromatic heterocycles. The van der Waals surface area contributed by atoms with Crippen LogP contribution in [0.5, 0.6) is 0 Å². The molecule has 0 aromatic carbocycles. The molecule has 0 amide bonds. The van der Waals surface area contributed by atoms with Gasteiger partial charge in [-0.1, -0.05) is 0 Å². The molecule has 6 nitrogen and oxygen atoms in total. The van der Waals surface area contributed by atoms with Crippen molar-refractivity contribution < 1.29 is 37.3 Å². The molecule has 5 atom stereocenters. The number of alkyl halides is 2. The first kappa shape index (κ1) is 16.6. The van der Waals surface area contributed by atoms with Crippen LogP contribution >= 0.6 is 0 Å². The van der Waals surface area contributed by atoms with Gasteiger partial charge in [-0.15, -0.1) is 0 Å². The number of esters is 2. The topological polar surface area (TPSA) is 71.1 Å². The van der Waals surface area contributed by atoms with Gasteiger partial charge in [-0.3, -0.25) is 4.79 Å². The first-order chi connectivity index (χ1) is 10.7. The number of ether oxygens (including phenoxy) is 4. The molecule has 1 heterocycles. The normalized spacial score (nSPS) is 39.0. The fourth-order valence-corrected chi connectivity index (χ4v) is 3.82. The fraction of sp³-hybridized carbons (Fsp3) is 0.867. The summed E-state index contributed by atoms with van der Waals surface area (Å²) in [6.07, 6.45) is 1.01. The molecule has 0 aromatic rings. The largest absolute Gasteiger partial charge is 0.463 e. The van der Waals surface area contributed by atoms with E-state index in [1.807, 2.05) is 0 Å². The van der Waals surface area contributed by atoms with Crippen molar-refractivity contribution in [2.75, 3.05) is 13.2 Å². The summed E-state index contributed by atoms with van der Waals surface area (Å²) in [4.78, 5) is 22.5. The first-order valence-electron chi connectivity index (χ1n) is 7.76. The van der Waals surface area contributed by atoms with Gasteiger partial charge in [0, 0.05) is 25.7 Å². The van der Waals surface area contributed by atoms with E-state index in [-0.39, 0.29) is 25.0 Å². The van der Waals surface area contributed by atoms with E-state index in [4.69, 9.17) is 18.9 Å². The van der Waals surface area contributed by atoms with Crippen molar-refractivity contribution in [2.24, 2.45) is 11.8 Å². The van der Waals surface area contributed by atoms with Crippen molar-refractivity contribution in [3.63, 3.8) is 0 Å². The SMILES string of the molecule is CC(=O)OCC1COC2(O1)C1CCC(C1)C2OC(=O)C(C)(F)F. The number of rotatable bonds is 4. The highest BCUT2D eigenvalue weighted by Gasteiger charge is 2.66. The summed E-state index contributed by atoms with van der Waals surface area (Å²) in [5.74, 6) is -6.79. The monoisotopic (exact) mass is 334 g/mol. The Kier molecular flexibility index (Phi) is 4.08. The van der Waals surface area contributed by atoms with Gasteiger partial charge in [-0.05, 0) is 19.3 Å². The minimum absolute atomic E-state index is 0.00175. The van der Waals surface area contributed by atoms with Crippen LogP contribution in [-0.4, -0.2) is 49.1 Å². The number of halogens is 2. The number of carbonyl (C=O) groups excluding carboxylic acids is 2. The second kappa shape index (κ2) is 5.66. The Bertz CT molecular complexity index is 505. The molecule has 8 heteroatoms. The van der Waals surface area contributed by atoms with E-state index >= 15 is 0 Å². The van der Waals surface area contributed by atoms with Crippen molar-refractivity contribution >= 4 is 11.9 Å². The van der Waals surface area contributed by atoms with Crippen LogP contribution in [0.25, 0.3) is 0 Å². The van der Waals surface area contributed by atoms with E-state index in [1.165, 1.54) is 6.92 Å². The van der Waals surface area contributed by atoms with E-state index in [0.717, 1.165) is 12.8 Å². The highest BCUT2D eigenvalue weighted by atomic mass is 19.3. The van der Waals surface area contributed by atoms with Gasteiger partial charge in [-0.25, -0.2) is 4.79 Å². The van der Waals surface area contributed by atoms with E-state index < -0.39 is 35.9 Å². The molecular weight excluding hydrogens is 314 g/mol. The highest BCUT2D eigenvalue weighted by molar-refractivity contribution is 5.77. The van der Waals surface area contributed by atoms with E-state index in [1.54, 1.807) is 0 Å². The summed E-state index contributed by atoms with van der Waals surface area (Å²) in [6, 6.07) is 0. The van der Waals surface area contributed by atoms with Gasteiger partial charge in [0.15, 0.2) is 6.10 Å². The smallest absolute Gasteiger partial charge is 0.377 e. The molecule has 0 radical (unpaired) electrons. The van der Waals surface area contributed by atoms with Gasteiger partial charge in [0.1, 0.15) is 12.7 Å². The van der Waals surface area contributed by atoms with E-state index in [2.05, 4.69) is 0 Å². The van der Waals surface area contributed by atoms with Crippen molar-refractivity contribution in [3.05, 3.63) is 0 Å². The quantitative estimate of drug-likeness (QED) is 0.728. The Hall–Kier alpha value is -1.28. The third kappa shape index (κ3) is 2.94. The predicted molar refractivity (Wildman–Crippen MR) is 71.5 cm³/mol. The molecule has 3 fully saturated rings. The second-order valence-corrected chi connectivity index (χ2v) is 6.56. The molecule has 3 aliphatic rings. The average Bonchev–Trinajstić information content (AvgIpc) is 3.14. The van der Waals surface area contributed by atoms with Crippen LogP contribution < -0.4 is 0 Å². The third-order valence-corrected chi connectivity index (χ3v) is 4.78. The fourth-order valence-electron chi connectivity index (χ4n) is 3.82. The highest BCUT2D eigenvalue weighted by Crippen LogP contribution is 2.56. The molecular formula is C15H20F2O6. The predicted octanol–water partition coefficient (Wildman–Crippen LogP) is 1.66. The minimum atomic E-state index is -3.56. The standard InChI is InChI=1S/C15H20F2O6/c1-8(18)20-6-11-7-21-15(23-11)10-4-3-9(5-10)12(15)22-13(19)14(2,16)17/h9-12H,3-7H2,1-2H3. The molecule has 5 unspecified atom stereocenters. The Morgan fingerprint density at radius 1 is 1.35 bits per heavy atom. The molecule has 1 spiro atoms. The van der Waals surface area contributed by atoms with Gasteiger partial charge in [-0.2, -0.15) is 8.78 Å². The van der Waals surface area contributed by atoms with Crippen LogP contribution in [0.15, 0.2) is 0 Å². The van der Waals surface area contributed by atoms with E-state index in [9.17, 15) is 18.4 Å². The van der Waals surface area contributed by atoms with Crippen LogP contribution in [0.3, 0.4) is 0 Å². The lowest BCUT2D eigenvalue weighted by Gasteiger charge is -2.38. The summed E-state index contributed by atoms with van der Waals surface area (Å²) < 4.78 is 48.0. The Morgan fingerprint density at radius 3 is 2.74 bits per heavy atom. The van der Waals surface area contributed by atoms with Gasteiger partial charge in [0.25, 0.3) is 0 Å². The Labute approximate surface area is 132 Å². The first-order valence-corrected chi connectivity index (χ1v) is 7.76. The lowest BCUT2D eigenvalue weighted by molar-refractivity contribution is -0.265. The van der Waals surface area contributed by atoms with Gasteiger partial charge in [0.05, 0.1) is 6.61 Å². The van der Waals surface area contributed by atoms with Crippen LogP contribution in [-0.2, 0) is 28.5 Å². The molecule has 130 valence electrons. The van der Waals surface area contributed by atoms with Gasteiger partial charge >= 0.3 is 17.9 Å². The second-order valence-electron chi connectivity index (χ2n) is 6.56. The van der Waals surface area contributed by atoms with Crippen molar-refractivity contribution in [1.82, 2.24) is 0 Å². The zero-order chi connectivity index (χ0) is 16.8. The van der Waals surface area contributed by atoms with Crippen molar-refractivity contribution in [2.45, 2.75) is 57.0 Å². The van der Waals surface area contributed by atoms with Crippen LogP contribution in [0.4, 0.5) is 8.78 Å². The maximum absolute atomic E-state index is 13.2. The van der Waals surface area contributed by atoms with Crippen LogP contribution in [0.1, 0.15) is 33.1 Å². The lowest BCUT2D eigenvalue weighted by atomic mass is 9.91. The van der Waals surface area contributed by atoms with E-state index in [0.29, 0.717) is 13.3 Å². The zero-order valence-electron chi connectivity index (χ0n) is 13.1. The molecule has 3 rings (SSSR count). The summed E-state index contributed by atoms with van der Waals surface area (Å²) in [7, 11) is 0. The summed E-state index contributed by atoms with van der Waals surface area (Å²) in [5.41, 5.74) is 0. The average molecular weight is 334 g/mol.